The van der Waals surface area contributed by atoms with E-state index in [1.54, 1.807) is 11.0 Å². The van der Waals surface area contributed by atoms with Gasteiger partial charge in [-0.25, -0.2) is 0 Å². The van der Waals surface area contributed by atoms with Crippen molar-refractivity contribution < 1.29 is 9.21 Å². The SMILES string of the molecule is C=CCN(C(=C)N(CCC)CCC(C)CC)C(=O)CNC(C)c1ccc2oc3ccccc3c2c1.CC.CCC(C)c1ccncc1/C=C(\C)CNC.CCCC. The van der Waals surface area contributed by atoms with Gasteiger partial charge in [0, 0.05) is 55.4 Å². The Balaban J connectivity index is 0.000000612. The van der Waals surface area contributed by atoms with Gasteiger partial charge >= 0.3 is 0 Å². The van der Waals surface area contributed by atoms with E-state index in [1.165, 1.54) is 29.5 Å². The summed E-state index contributed by atoms with van der Waals surface area (Å²) < 4.78 is 5.95. The summed E-state index contributed by atoms with van der Waals surface area (Å²) in [4.78, 5) is 21.5. The zero-order valence-electron chi connectivity index (χ0n) is 38.0. The van der Waals surface area contributed by atoms with Crippen LogP contribution >= 0.6 is 0 Å². The summed E-state index contributed by atoms with van der Waals surface area (Å²) in [5, 5.41) is 8.77. The van der Waals surface area contributed by atoms with Crippen LogP contribution in [0.25, 0.3) is 28.0 Å². The normalized spacial score (nSPS) is 12.5. The van der Waals surface area contributed by atoms with Gasteiger partial charge in [-0.15, -0.1) is 6.58 Å². The number of carbonyl (C=O) groups is 1. The molecule has 0 aliphatic rings. The third kappa shape index (κ3) is 17.1. The number of pyridine rings is 1. The van der Waals surface area contributed by atoms with E-state index in [9.17, 15) is 4.79 Å². The van der Waals surface area contributed by atoms with Crippen LogP contribution in [0.5, 0.6) is 0 Å². The maximum atomic E-state index is 13.3. The summed E-state index contributed by atoms with van der Waals surface area (Å²) in [7, 11) is 1.97. The molecule has 0 saturated heterocycles. The van der Waals surface area contributed by atoms with Crippen LogP contribution in [-0.2, 0) is 4.79 Å². The van der Waals surface area contributed by atoms with E-state index in [1.807, 2.05) is 57.6 Å². The van der Waals surface area contributed by atoms with Crippen LogP contribution in [-0.4, -0.2) is 60.5 Å². The molecular formula is C50H79N5O2. The summed E-state index contributed by atoms with van der Waals surface area (Å²) in [5.41, 5.74) is 6.86. The van der Waals surface area contributed by atoms with E-state index in [0.717, 1.165) is 78.6 Å². The Bertz CT molecular complexity index is 1760. The van der Waals surface area contributed by atoms with Crippen LogP contribution in [0, 0.1) is 5.92 Å². The number of hydrogen-bond donors (Lipinski definition) is 2. The molecule has 2 aromatic carbocycles. The third-order valence-corrected chi connectivity index (χ3v) is 10.2. The molecule has 57 heavy (non-hydrogen) atoms. The number of nitrogens with one attached hydrogen (secondary N) is 2. The van der Waals surface area contributed by atoms with Gasteiger partial charge in [0.1, 0.15) is 17.0 Å². The zero-order chi connectivity index (χ0) is 42.8. The van der Waals surface area contributed by atoms with Gasteiger partial charge in [0.25, 0.3) is 0 Å². The van der Waals surface area contributed by atoms with Gasteiger partial charge < -0.3 is 20.0 Å². The molecule has 3 unspecified atom stereocenters. The van der Waals surface area contributed by atoms with Gasteiger partial charge in [-0.05, 0) is 92.9 Å². The van der Waals surface area contributed by atoms with Gasteiger partial charge in [0.05, 0.1) is 6.54 Å². The third-order valence-electron chi connectivity index (χ3n) is 10.2. The van der Waals surface area contributed by atoms with Crippen LogP contribution in [0.4, 0.5) is 0 Å². The highest BCUT2D eigenvalue weighted by Gasteiger charge is 2.21. The summed E-state index contributed by atoms with van der Waals surface area (Å²) in [6.07, 6.45) is 14.9. The largest absolute Gasteiger partial charge is 0.456 e. The predicted octanol–water partition coefficient (Wildman–Crippen LogP) is 12.9. The molecule has 0 radical (unpaired) electrons. The first kappa shape index (κ1) is 50.8. The first-order chi connectivity index (χ1) is 27.5. The van der Waals surface area contributed by atoms with Crippen molar-refractivity contribution >= 4 is 33.9 Å². The van der Waals surface area contributed by atoms with Gasteiger partial charge in [-0.1, -0.05) is 130 Å². The first-order valence-electron chi connectivity index (χ1n) is 21.7. The molecule has 7 nitrogen and oxygen atoms in total. The van der Waals surface area contributed by atoms with Crippen molar-refractivity contribution in [2.45, 2.75) is 127 Å². The van der Waals surface area contributed by atoms with Crippen molar-refractivity contribution in [2.24, 2.45) is 5.92 Å². The van der Waals surface area contributed by atoms with E-state index >= 15 is 0 Å². The predicted molar refractivity (Wildman–Crippen MR) is 250 cm³/mol. The standard InChI is InChI=1S/C30H41N3O2.C14H22N2.C4H10.C2H6/c1-7-17-32(19-16-22(4)9-3)24(6)33(18-8-2)30(34)21-31-23(5)25-14-15-29-27(20-25)26-12-10-11-13-28(26)35-29;1-5-12(3)14-6-7-16-10-13(14)8-11(2)9-15-4;1-3-4-2;1-2/h8,10-15,20,22-23,31H,2,6-7,9,16-19,21H2,1,3-5H3;6-8,10,12,15H,5,9H2,1-4H3;3-4H2,1-2H3;1-2H3/b;11-8+;;. The van der Waals surface area contributed by atoms with Crippen molar-refractivity contribution in [3.8, 4) is 0 Å². The van der Waals surface area contributed by atoms with Crippen molar-refractivity contribution in [2.75, 3.05) is 39.8 Å². The molecule has 316 valence electrons. The smallest absolute Gasteiger partial charge is 0.242 e. The lowest BCUT2D eigenvalue weighted by molar-refractivity contribution is -0.129. The van der Waals surface area contributed by atoms with E-state index in [2.05, 4.69) is 126 Å². The molecule has 4 rings (SSSR count). The molecule has 7 heteroatoms. The highest BCUT2D eigenvalue weighted by atomic mass is 16.3. The van der Waals surface area contributed by atoms with Crippen LogP contribution in [0.15, 0.2) is 96.0 Å². The Labute approximate surface area is 348 Å². The summed E-state index contributed by atoms with van der Waals surface area (Å²) in [6.45, 7) is 35.3. The average molecular weight is 782 g/mol. The van der Waals surface area contributed by atoms with Crippen molar-refractivity contribution in [1.82, 2.24) is 25.4 Å². The van der Waals surface area contributed by atoms with Gasteiger partial charge in [-0.2, -0.15) is 0 Å². The monoisotopic (exact) mass is 782 g/mol. The maximum Gasteiger partial charge on any atom is 0.242 e. The van der Waals surface area contributed by atoms with Gasteiger partial charge in [-0.3, -0.25) is 14.7 Å². The quantitative estimate of drug-likeness (QED) is 0.0870. The summed E-state index contributed by atoms with van der Waals surface area (Å²) >= 11 is 0. The Morgan fingerprint density at radius 1 is 0.895 bits per heavy atom. The van der Waals surface area contributed by atoms with Crippen LogP contribution < -0.4 is 10.6 Å². The fourth-order valence-corrected chi connectivity index (χ4v) is 6.14. The molecule has 0 aliphatic carbocycles. The van der Waals surface area contributed by atoms with E-state index in [-0.39, 0.29) is 18.5 Å². The van der Waals surface area contributed by atoms with E-state index in [4.69, 9.17) is 4.42 Å². The number of likely N-dealkylation sites (N-methyl/N-ethyl adjacent to an activating group) is 1. The Kier molecular flexibility index (Phi) is 25.9. The second-order valence-corrected chi connectivity index (χ2v) is 14.8. The molecule has 4 aromatic rings. The molecule has 0 spiro atoms. The number of rotatable bonds is 20. The second-order valence-electron chi connectivity index (χ2n) is 14.8. The van der Waals surface area contributed by atoms with Gasteiger partial charge in [0.15, 0.2) is 0 Å². The molecule has 3 atom stereocenters. The van der Waals surface area contributed by atoms with Crippen molar-refractivity contribution in [1.29, 1.82) is 0 Å². The Morgan fingerprint density at radius 3 is 2.19 bits per heavy atom. The fourth-order valence-electron chi connectivity index (χ4n) is 6.14. The minimum atomic E-state index is 0.00114. The second kappa shape index (κ2) is 29.1. The Hall–Kier alpha value is -4.20. The number of aromatic nitrogens is 1. The van der Waals surface area contributed by atoms with Crippen LogP contribution in [0.1, 0.15) is 143 Å². The molecule has 2 N–H and O–H groups in total. The Morgan fingerprint density at radius 2 is 1.58 bits per heavy atom. The maximum absolute atomic E-state index is 13.3. The minimum absolute atomic E-state index is 0.00114. The van der Waals surface area contributed by atoms with E-state index in [0.29, 0.717) is 18.4 Å². The number of hydrogen-bond acceptors (Lipinski definition) is 6. The number of carbonyl (C=O) groups excluding carboxylic acids is 1. The minimum Gasteiger partial charge on any atom is -0.456 e. The molecule has 0 saturated carbocycles. The highest BCUT2D eigenvalue weighted by molar-refractivity contribution is 6.05. The highest BCUT2D eigenvalue weighted by Crippen LogP contribution is 2.30. The summed E-state index contributed by atoms with van der Waals surface area (Å²) in [5.74, 6) is 2.01. The molecule has 2 heterocycles. The zero-order valence-corrected chi connectivity index (χ0v) is 38.0. The lowest BCUT2D eigenvalue weighted by Crippen LogP contribution is -2.43. The fraction of sp³-hybridized carbons (Fsp3) is 0.520. The molecular weight excluding hydrogens is 703 g/mol. The molecule has 0 bridgehead atoms. The molecule has 2 aromatic heterocycles. The number of amides is 1. The van der Waals surface area contributed by atoms with Crippen LogP contribution in [0.3, 0.4) is 0 Å². The lowest BCUT2D eigenvalue weighted by Gasteiger charge is -2.34. The topological polar surface area (TPSA) is 73.6 Å². The molecule has 0 fully saturated rings. The van der Waals surface area contributed by atoms with Crippen LogP contribution in [0.2, 0.25) is 0 Å². The number of nitrogens with zero attached hydrogens (tertiary/aromatic N) is 3. The summed E-state index contributed by atoms with van der Waals surface area (Å²) in [6, 6.07) is 16.4. The molecule has 1 amide bonds. The number of para-hydroxylation sites is 1. The number of fused-ring (bicyclic) bond motifs is 3. The number of furan rings is 1. The molecule has 0 aliphatic heterocycles. The lowest BCUT2D eigenvalue weighted by atomic mass is 9.94. The first-order valence-corrected chi connectivity index (χ1v) is 21.7. The van der Waals surface area contributed by atoms with Crippen molar-refractivity contribution in [3.63, 3.8) is 0 Å². The van der Waals surface area contributed by atoms with Crippen molar-refractivity contribution in [3.05, 3.63) is 108 Å². The van der Waals surface area contributed by atoms with E-state index < -0.39 is 0 Å². The number of benzene rings is 2. The van der Waals surface area contributed by atoms with Gasteiger partial charge in [0.2, 0.25) is 5.91 Å². The number of unbranched alkanes of at least 4 members (excludes halogenated alkanes) is 1. The average Bonchev–Trinajstić information content (AvgIpc) is 3.62.